The molecule has 17 heavy (non-hydrogen) atoms. The van der Waals surface area contributed by atoms with Gasteiger partial charge in [0.25, 0.3) is 0 Å². The molecule has 1 heterocycles. The van der Waals surface area contributed by atoms with Crippen molar-refractivity contribution in [2.24, 2.45) is 5.73 Å². The highest BCUT2D eigenvalue weighted by Crippen LogP contribution is 2.22. The Kier molecular flexibility index (Phi) is 4.66. The van der Waals surface area contributed by atoms with E-state index in [0.29, 0.717) is 18.8 Å². The molecule has 0 atom stereocenters. The zero-order valence-corrected chi connectivity index (χ0v) is 10.3. The SMILES string of the molecule is COc1ccc2cc(F)cc(CCN)c2n1.Cl. The Morgan fingerprint density at radius 2 is 2.12 bits per heavy atom. The third kappa shape index (κ3) is 2.84. The molecule has 0 aliphatic heterocycles. The van der Waals surface area contributed by atoms with Gasteiger partial charge in [-0.2, -0.15) is 0 Å². The van der Waals surface area contributed by atoms with E-state index in [-0.39, 0.29) is 18.2 Å². The fourth-order valence-electron chi connectivity index (χ4n) is 1.71. The minimum Gasteiger partial charge on any atom is -0.481 e. The summed E-state index contributed by atoms with van der Waals surface area (Å²) in [6.45, 7) is 0.470. The van der Waals surface area contributed by atoms with Gasteiger partial charge in [-0.15, -0.1) is 12.4 Å². The summed E-state index contributed by atoms with van der Waals surface area (Å²) >= 11 is 0. The zero-order chi connectivity index (χ0) is 11.5. The molecule has 1 aromatic heterocycles. The number of aromatic nitrogens is 1. The summed E-state index contributed by atoms with van der Waals surface area (Å²) < 4.78 is 18.4. The maximum absolute atomic E-state index is 13.3. The van der Waals surface area contributed by atoms with Gasteiger partial charge in [0, 0.05) is 11.5 Å². The molecule has 3 nitrogen and oxygen atoms in total. The number of benzene rings is 1. The standard InChI is InChI=1S/C12H13FN2O.ClH/c1-16-11-3-2-8-6-10(13)7-9(4-5-14)12(8)15-11;/h2-3,6-7H,4-5,14H2,1H3;1H. The van der Waals surface area contributed by atoms with Crippen LogP contribution in [-0.4, -0.2) is 18.6 Å². The lowest BCUT2D eigenvalue weighted by Crippen LogP contribution is -2.04. The van der Waals surface area contributed by atoms with Crippen molar-refractivity contribution >= 4 is 23.3 Å². The first-order valence-electron chi connectivity index (χ1n) is 5.08. The fraction of sp³-hybridized carbons (Fsp3) is 0.250. The topological polar surface area (TPSA) is 48.1 Å². The van der Waals surface area contributed by atoms with Gasteiger partial charge < -0.3 is 10.5 Å². The summed E-state index contributed by atoms with van der Waals surface area (Å²) in [6, 6.07) is 6.45. The molecule has 0 bridgehead atoms. The molecule has 0 saturated heterocycles. The summed E-state index contributed by atoms with van der Waals surface area (Å²) in [5.41, 5.74) is 7.06. The van der Waals surface area contributed by atoms with Crippen LogP contribution in [0.4, 0.5) is 4.39 Å². The average Bonchev–Trinajstić information content (AvgIpc) is 2.29. The van der Waals surface area contributed by atoms with E-state index >= 15 is 0 Å². The molecule has 92 valence electrons. The van der Waals surface area contributed by atoms with Crippen LogP contribution in [-0.2, 0) is 6.42 Å². The number of hydrogen-bond acceptors (Lipinski definition) is 3. The third-order valence-electron chi connectivity index (χ3n) is 2.43. The van der Waals surface area contributed by atoms with Crippen LogP contribution in [0.1, 0.15) is 5.56 Å². The third-order valence-corrected chi connectivity index (χ3v) is 2.43. The van der Waals surface area contributed by atoms with Crippen LogP contribution in [0.3, 0.4) is 0 Å². The number of halogens is 2. The molecule has 5 heteroatoms. The lowest BCUT2D eigenvalue weighted by molar-refractivity contribution is 0.399. The predicted octanol–water partition coefficient (Wildman–Crippen LogP) is 2.31. The number of pyridine rings is 1. The lowest BCUT2D eigenvalue weighted by Gasteiger charge is -2.07. The van der Waals surface area contributed by atoms with Gasteiger partial charge in [0.05, 0.1) is 12.6 Å². The number of nitrogens with two attached hydrogens (primary N) is 1. The minimum absolute atomic E-state index is 0. The van der Waals surface area contributed by atoms with Crippen LogP contribution in [0.5, 0.6) is 5.88 Å². The fourth-order valence-corrected chi connectivity index (χ4v) is 1.71. The van der Waals surface area contributed by atoms with Gasteiger partial charge in [-0.05, 0) is 36.7 Å². The van der Waals surface area contributed by atoms with Crippen LogP contribution in [0.2, 0.25) is 0 Å². The Labute approximate surface area is 105 Å². The molecular weight excluding hydrogens is 243 g/mol. The van der Waals surface area contributed by atoms with Crippen molar-refractivity contribution in [3.05, 3.63) is 35.6 Å². The van der Waals surface area contributed by atoms with Crippen molar-refractivity contribution < 1.29 is 9.13 Å². The van der Waals surface area contributed by atoms with E-state index in [4.69, 9.17) is 10.5 Å². The number of hydrogen-bond donors (Lipinski definition) is 1. The smallest absolute Gasteiger partial charge is 0.213 e. The number of nitrogens with zero attached hydrogens (tertiary/aromatic N) is 1. The van der Waals surface area contributed by atoms with E-state index in [0.717, 1.165) is 16.5 Å². The van der Waals surface area contributed by atoms with Gasteiger partial charge in [0.1, 0.15) is 5.82 Å². The molecule has 2 N–H and O–H groups in total. The summed E-state index contributed by atoms with van der Waals surface area (Å²) in [4.78, 5) is 4.31. The second kappa shape index (κ2) is 5.80. The van der Waals surface area contributed by atoms with E-state index in [1.807, 2.05) is 0 Å². The largest absolute Gasteiger partial charge is 0.481 e. The number of methoxy groups -OCH3 is 1. The second-order valence-electron chi connectivity index (χ2n) is 3.53. The lowest BCUT2D eigenvalue weighted by atomic mass is 10.1. The van der Waals surface area contributed by atoms with E-state index in [9.17, 15) is 4.39 Å². The van der Waals surface area contributed by atoms with Crippen LogP contribution in [0.25, 0.3) is 10.9 Å². The molecule has 2 rings (SSSR count). The molecule has 0 saturated carbocycles. The maximum Gasteiger partial charge on any atom is 0.213 e. The van der Waals surface area contributed by atoms with E-state index in [1.54, 1.807) is 19.2 Å². The van der Waals surface area contributed by atoms with Crippen LogP contribution < -0.4 is 10.5 Å². The van der Waals surface area contributed by atoms with Crippen molar-refractivity contribution in [1.29, 1.82) is 0 Å². The van der Waals surface area contributed by atoms with Gasteiger partial charge >= 0.3 is 0 Å². The van der Waals surface area contributed by atoms with E-state index in [2.05, 4.69) is 4.98 Å². The summed E-state index contributed by atoms with van der Waals surface area (Å²) in [7, 11) is 1.56. The van der Waals surface area contributed by atoms with Crippen molar-refractivity contribution in [2.45, 2.75) is 6.42 Å². The van der Waals surface area contributed by atoms with Crippen LogP contribution in [0.15, 0.2) is 24.3 Å². The Hall–Kier alpha value is -1.39. The van der Waals surface area contributed by atoms with Gasteiger partial charge in [-0.25, -0.2) is 9.37 Å². The minimum atomic E-state index is -0.261. The quantitative estimate of drug-likeness (QED) is 0.917. The Morgan fingerprint density at radius 3 is 2.76 bits per heavy atom. The molecule has 1 aromatic carbocycles. The van der Waals surface area contributed by atoms with Gasteiger partial charge in [0.2, 0.25) is 5.88 Å². The van der Waals surface area contributed by atoms with Crippen molar-refractivity contribution in [1.82, 2.24) is 4.98 Å². The molecule has 0 aliphatic carbocycles. The van der Waals surface area contributed by atoms with Gasteiger partial charge in [0.15, 0.2) is 0 Å². The molecule has 0 amide bonds. The van der Waals surface area contributed by atoms with E-state index in [1.165, 1.54) is 12.1 Å². The second-order valence-corrected chi connectivity index (χ2v) is 3.53. The van der Waals surface area contributed by atoms with Gasteiger partial charge in [-0.3, -0.25) is 0 Å². The highest BCUT2D eigenvalue weighted by Gasteiger charge is 2.06. The van der Waals surface area contributed by atoms with Crippen molar-refractivity contribution in [3.63, 3.8) is 0 Å². The normalized spacial score (nSPS) is 10.1. The molecule has 0 unspecified atom stereocenters. The highest BCUT2D eigenvalue weighted by molar-refractivity contribution is 5.85. The number of fused-ring (bicyclic) bond motifs is 1. The summed E-state index contributed by atoms with van der Waals surface area (Å²) in [5, 5.41) is 0.768. The maximum atomic E-state index is 13.3. The molecule has 0 spiro atoms. The molecule has 0 radical (unpaired) electrons. The van der Waals surface area contributed by atoms with Crippen LogP contribution in [0, 0.1) is 5.82 Å². The molecule has 0 aliphatic rings. The van der Waals surface area contributed by atoms with Crippen molar-refractivity contribution in [3.8, 4) is 5.88 Å². The Bertz CT molecular complexity index is 519. The van der Waals surface area contributed by atoms with Gasteiger partial charge in [-0.1, -0.05) is 0 Å². The average molecular weight is 257 g/mol. The highest BCUT2D eigenvalue weighted by atomic mass is 35.5. The molecular formula is C12H14ClFN2O. The molecule has 2 aromatic rings. The summed E-state index contributed by atoms with van der Waals surface area (Å²) in [5.74, 6) is 0.264. The summed E-state index contributed by atoms with van der Waals surface area (Å²) in [6.07, 6.45) is 0.606. The van der Waals surface area contributed by atoms with Crippen LogP contribution >= 0.6 is 12.4 Å². The first-order chi connectivity index (χ1) is 7.74. The first kappa shape index (κ1) is 13.7. The zero-order valence-electron chi connectivity index (χ0n) is 9.44. The molecule has 0 fully saturated rings. The predicted molar refractivity (Wildman–Crippen MR) is 68.3 cm³/mol. The number of rotatable bonds is 3. The first-order valence-corrected chi connectivity index (χ1v) is 5.08. The van der Waals surface area contributed by atoms with E-state index < -0.39 is 0 Å². The monoisotopic (exact) mass is 256 g/mol. The Morgan fingerprint density at radius 1 is 1.35 bits per heavy atom. The van der Waals surface area contributed by atoms with Crippen molar-refractivity contribution in [2.75, 3.05) is 13.7 Å². The number of ether oxygens (including phenoxy) is 1. The Balaban J connectivity index is 0.00000144.